The minimum atomic E-state index is -0.608. The first-order valence-corrected chi connectivity index (χ1v) is 8.67. The number of anilines is 1. The molecule has 2 atom stereocenters. The Morgan fingerprint density at radius 2 is 1.92 bits per heavy atom. The molecule has 6 heteroatoms. The molecule has 1 aliphatic rings. The lowest BCUT2D eigenvalue weighted by molar-refractivity contribution is 0.0705. The Bertz CT molecular complexity index is 530. The molecule has 24 heavy (non-hydrogen) atoms. The van der Waals surface area contributed by atoms with Crippen molar-refractivity contribution in [3.8, 4) is 0 Å². The molecule has 2 N–H and O–H groups in total. The number of hydrogen-bond donors (Lipinski definition) is 2. The Hall–Kier alpha value is -1.95. The van der Waals surface area contributed by atoms with Gasteiger partial charge in [0.1, 0.15) is 0 Å². The van der Waals surface area contributed by atoms with Crippen molar-refractivity contribution in [2.24, 2.45) is 11.8 Å². The van der Waals surface area contributed by atoms with Crippen molar-refractivity contribution in [1.29, 1.82) is 0 Å². The van der Waals surface area contributed by atoms with Crippen LogP contribution in [0.15, 0.2) is 24.5 Å². The smallest absolute Gasteiger partial charge is 0.277 e. The number of hydroxylamine groups is 1. The van der Waals surface area contributed by atoms with Gasteiger partial charge in [0.15, 0.2) is 0 Å². The van der Waals surface area contributed by atoms with E-state index >= 15 is 0 Å². The van der Waals surface area contributed by atoms with Gasteiger partial charge in [0.2, 0.25) is 5.95 Å². The van der Waals surface area contributed by atoms with E-state index in [1.807, 2.05) is 25.8 Å². The molecule has 2 rings (SSSR count). The normalized spacial score (nSPS) is 20.0. The van der Waals surface area contributed by atoms with E-state index in [2.05, 4.69) is 23.5 Å². The van der Waals surface area contributed by atoms with E-state index in [9.17, 15) is 4.79 Å². The van der Waals surface area contributed by atoms with Crippen LogP contribution in [-0.4, -0.2) is 34.7 Å². The first kappa shape index (κ1) is 20.1. The van der Waals surface area contributed by atoms with Crippen LogP contribution in [0.5, 0.6) is 0 Å². The summed E-state index contributed by atoms with van der Waals surface area (Å²) in [6, 6.07) is 0. The summed E-state index contributed by atoms with van der Waals surface area (Å²) >= 11 is 0. The van der Waals surface area contributed by atoms with Crippen molar-refractivity contribution < 1.29 is 10.0 Å². The molecule has 1 saturated carbocycles. The maximum absolute atomic E-state index is 11.3. The van der Waals surface area contributed by atoms with E-state index in [1.54, 1.807) is 5.48 Å². The van der Waals surface area contributed by atoms with Gasteiger partial charge in [-0.15, -0.1) is 0 Å². The SMILES string of the molecule is C=C1CC(CC)CC(CN(C)c2ncc(C(=O)NO)cn2)C1.CC. The number of amides is 1. The number of aromatic nitrogens is 2. The standard InChI is InChI=1S/C16H24N4O2.C2H6/c1-4-12-5-11(2)6-13(7-12)10-20(3)16-17-8-14(9-18-16)15(21)19-22;1-2/h8-9,12-13,22H,2,4-7,10H2,1,3H3,(H,19,21);1-2H3. The Morgan fingerprint density at radius 3 is 2.46 bits per heavy atom. The van der Waals surface area contributed by atoms with E-state index in [0.29, 0.717) is 11.9 Å². The maximum Gasteiger partial charge on any atom is 0.277 e. The summed E-state index contributed by atoms with van der Waals surface area (Å²) in [5.74, 6) is 1.28. The molecular weight excluding hydrogens is 304 g/mol. The second kappa shape index (κ2) is 10.0. The zero-order valence-corrected chi connectivity index (χ0v) is 15.2. The molecule has 1 fully saturated rings. The summed E-state index contributed by atoms with van der Waals surface area (Å²) < 4.78 is 0. The molecular formula is C18H30N4O2. The van der Waals surface area contributed by atoms with Gasteiger partial charge in [-0.3, -0.25) is 10.0 Å². The Morgan fingerprint density at radius 1 is 1.33 bits per heavy atom. The molecule has 0 aliphatic heterocycles. The molecule has 134 valence electrons. The highest BCUT2D eigenvalue weighted by molar-refractivity contribution is 5.92. The second-order valence-corrected chi connectivity index (χ2v) is 6.13. The molecule has 0 spiro atoms. The Balaban J connectivity index is 0.00000139. The molecule has 1 heterocycles. The van der Waals surface area contributed by atoms with E-state index in [4.69, 9.17) is 5.21 Å². The number of hydrogen-bond acceptors (Lipinski definition) is 5. The van der Waals surface area contributed by atoms with Crippen molar-refractivity contribution in [1.82, 2.24) is 15.4 Å². The molecule has 2 unspecified atom stereocenters. The quantitative estimate of drug-likeness (QED) is 0.490. The van der Waals surface area contributed by atoms with Gasteiger partial charge in [0.25, 0.3) is 5.91 Å². The molecule has 6 nitrogen and oxygen atoms in total. The number of allylic oxidation sites excluding steroid dienone is 1. The zero-order chi connectivity index (χ0) is 18.1. The molecule has 0 radical (unpaired) electrons. The lowest BCUT2D eigenvalue weighted by Gasteiger charge is -2.32. The number of carbonyl (C=O) groups is 1. The molecule has 0 aromatic carbocycles. The van der Waals surface area contributed by atoms with Crippen molar-refractivity contribution in [3.63, 3.8) is 0 Å². The van der Waals surface area contributed by atoms with Gasteiger partial charge < -0.3 is 4.90 Å². The average molecular weight is 334 g/mol. The van der Waals surface area contributed by atoms with Crippen LogP contribution in [-0.2, 0) is 0 Å². The van der Waals surface area contributed by atoms with Crippen molar-refractivity contribution in [2.75, 3.05) is 18.5 Å². The van der Waals surface area contributed by atoms with Crippen molar-refractivity contribution in [3.05, 3.63) is 30.1 Å². The van der Waals surface area contributed by atoms with Crippen LogP contribution in [0.1, 0.15) is 56.8 Å². The van der Waals surface area contributed by atoms with Gasteiger partial charge >= 0.3 is 0 Å². The van der Waals surface area contributed by atoms with Crippen LogP contribution in [0, 0.1) is 11.8 Å². The summed E-state index contributed by atoms with van der Waals surface area (Å²) in [6.07, 6.45) is 7.45. The average Bonchev–Trinajstić information content (AvgIpc) is 2.62. The number of rotatable bonds is 5. The van der Waals surface area contributed by atoms with Gasteiger partial charge in [-0.05, 0) is 31.1 Å². The highest BCUT2D eigenvalue weighted by Gasteiger charge is 2.24. The van der Waals surface area contributed by atoms with Crippen LogP contribution in [0.25, 0.3) is 0 Å². The molecule has 1 aliphatic carbocycles. The van der Waals surface area contributed by atoms with Crippen LogP contribution >= 0.6 is 0 Å². The van der Waals surface area contributed by atoms with E-state index < -0.39 is 5.91 Å². The van der Waals surface area contributed by atoms with Gasteiger partial charge in [-0.1, -0.05) is 39.3 Å². The summed E-state index contributed by atoms with van der Waals surface area (Å²) in [7, 11) is 1.96. The third-order valence-electron chi connectivity index (χ3n) is 4.27. The van der Waals surface area contributed by atoms with Crippen LogP contribution in [0.4, 0.5) is 5.95 Å². The molecule has 1 aromatic heterocycles. The maximum atomic E-state index is 11.3. The fourth-order valence-electron chi connectivity index (χ4n) is 3.16. The van der Waals surface area contributed by atoms with Gasteiger partial charge in [0, 0.05) is 26.0 Å². The van der Waals surface area contributed by atoms with Crippen molar-refractivity contribution in [2.45, 2.75) is 46.5 Å². The van der Waals surface area contributed by atoms with Crippen LogP contribution in [0.3, 0.4) is 0 Å². The lowest BCUT2D eigenvalue weighted by Crippen LogP contribution is -2.31. The lowest BCUT2D eigenvalue weighted by atomic mass is 9.78. The highest BCUT2D eigenvalue weighted by Crippen LogP contribution is 2.34. The van der Waals surface area contributed by atoms with Gasteiger partial charge in [-0.2, -0.15) is 0 Å². The molecule has 0 saturated heterocycles. The van der Waals surface area contributed by atoms with Crippen molar-refractivity contribution >= 4 is 11.9 Å². The third kappa shape index (κ3) is 5.60. The van der Waals surface area contributed by atoms with E-state index in [-0.39, 0.29) is 5.56 Å². The minimum Gasteiger partial charge on any atom is -0.344 e. The second-order valence-electron chi connectivity index (χ2n) is 6.13. The van der Waals surface area contributed by atoms with E-state index in [0.717, 1.165) is 25.3 Å². The largest absolute Gasteiger partial charge is 0.344 e. The molecule has 0 bridgehead atoms. The zero-order valence-electron chi connectivity index (χ0n) is 15.2. The summed E-state index contributed by atoms with van der Waals surface area (Å²) in [5, 5.41) is 8.58. The predicted octanol–water partition coefficient (Wildman–Crippen LogP) is 3.44. The first-order chi connectivity index (χ1) is 11.5. The fourth-order valence-corrected chi connectivity index (χ4v) is 3.16. The van der Waals surface area contributed by atoms with Gasteiger partial charge in [0.05, 0.1) is 5.56 Å². The third-order valence-corrected chi connectivity index (χ3v) is 4.27. The summed E-state index contributed by atoms with van der Waals surface area (Å²) in [6.45, 7) is 11.3. The fraction of sp³-hybridized carbons (Fsp3) is 0.611. The number of carbonyl (C=O) groups excluding carboxylic acids is 1. The minimum absolute atomic E-state index is 0.233. The summed E-state index contributed by atoms with van der Waals surface area (Å²) in [4.78, 5) is 21.6. The summed E-state index contributed by atoms with van der Waals surface area (Å²) in [5.41, 5.74) is 3.14. The Labute approximate surface area is 145 Å². The highest BCUT2D eigenvalue weighted by atomic mass is 16.5. The predicted molar refractivity (Wildman–Crippen MR) is 96.2 cm³/mol. The molecule has 1 aromatic rings. The van der Waals surface area contributed by atoms with Gasteiger partial charge in [-0.25, -0.2) is 15.4 Å². The number of nitrogens with zero attached hydrogens (tertiary/aromatic N) is 3. The number of nitrogens with one attached hydrogen (secondary N) is 1. The Kier molecular flexibility index (Phi) is 8.40. The topological polar surface area (TPSA) is 78.4 Å². The van der Waals surface area contributed by atoms with Crippen LogP contribution in [0.2, 0.25) is 0 Å². The molecule has 1 amide bonds. The van der Waals surface area contributed by atoms with Crippen LogP contribution < -0.4 is 10.4 Å². The first-order valence-electron chi connectivity index (χ1n) is 8.67. The van der Waals surface area contributed by atoms with E-state index in [1.165, 1.54) is 30.8 Å². The monoisotopic (exact) mass is 334 g/mol.